The van der Waals surface area contributed by atoms with Crippen LogP contribution in [-0.4, -0.2) is 12.1 Å². The third-order valence-electron chi connectivity index (χ3n) is 4.37. The van der Waals surface area contributed by atoms with Crippen molar-refractivity contribution in [2.45, 2.75) is 65.0 Å². The van der Waals surface area contributed by atoms with E-state index in [2.05, 4.69) is 70.3 Å². The maximum absolute atomic E-state index is 3.77. The third kappa shape index (κ3) is 3.14. The van der Waals surface area contributed by atoms with Gasteiger partial charge in [0.15, 0.2) is 0 Å². The highest BCUT2D eigenvalue weighted by Gasteiger charge is 2.46. The highest BCUT2D eigenvalue weighted by atomic mass is 15.0. The standard InChI is InChI=1S/C17H27N/c1-13(18-15-12-17(15,4)5)11-16(2,3)14-9-7-6-8-10-14/h6-10,13,15,18H,11-12H2,1-5H3. The van der Waals surface area contributed by atoms with Gasteiger partial charge >= 0.3 is 0 Å². The molecule has 2 rings (SSSR count). The summed E-state index contributed by atoms with van der Waals surface area (Å²) in [5, 5.41) is 3.77. The van der Waals surface area contributed by atoms with Crippen molar-refractivity contribution >= 4 is 0 Å². The topological polar surface area (TPSA) is 12.0 Å². The number of rotatable bonds is 5. The molecule has 0 amide bonds. The zero-order valence-corrected chi connectivity index (χ0v) is 12.5. The summed E-state index contributed by atoms with van der Waals surface area (Å²) in [6.45, 7) is 11.7. The van der Waals surface area contributed by atoms with Crippen LogP contribution in [0.15, 0.2) is 30.3 Å². The molecule has 1 aliphatic carbocycles. The van der Waals surface area contributed by atoms with Gasteiger partial charge in [0.2, 0.25) is 0 Å². The third-order valence-corrected chi connectivity index (χ3v) is 4.37. The maximum Gasteiger partial charge on any atom is 0.0127 e. The van der Waals surface area contributed by atoms with Gasteiger partial charge in [-0.15, -0.1) is 0 Å². The van der Waals surface area contributed by atoms with Crippen LogP contribution in [0, 0.1) is 5.41 Å². The summed E-state index contributed by atoms with van der Waals surface area (Å²) in [5.74, 6) is 0. The molecule has 1 saturated carbocycles. The molecule has 0 heterocycles. The second-order valence-corrected chi connectivity index (χ2v) is 7.27. The zero-order chi connectivity index (χ0) is 13.4. The van der Waals surface area contributed by atoms with Gasteiger partial charge in [-0.05, 0) is 36.2 Å². The Morgan fingerprint density at radius 2 is 1.83 bits per heavy atom. The number of nitrogens with one attached hydrogen (secondary N) is 1. The van der Waals surface area contributed by atoms with Crippen molar-refractivity contribution in [2.24, 2.45) is 5.41 Å². The Balaban J connectivity index is 1.92. The minimum atomic E-state index is 0.243. The van der Waals surface area contributed by atoms with Crippen LogP contribution < -0.4 is 5.32 Å². The van der Waals surface area contributed by atoms with Gasteiger partial charge in [0.25, 0.3) is 0 Å². The fourth-order valence-corrected chi connectivity index (χ4v) is 2.93. The summed E-state index contributed by atoms with van der Waals surface area (Å²) >= 11 is 0. The molecule has 1 aliphatic rings. The van der Waals surface area contributed by atoms with E-state index in [1.807, 2.05) is 0 Å². The lowest BCUT2D eigenvalue weighted by Crippen LogP contribution is -2.36. The predicted molar refractivity (Wildman–Crippen MR) is 78.9 cm³/mol. The van der Waals surface area contributed by atoms with E-state index < -0.39 is 0 Å². The molecule has 1 heteroatoms. The fraction of sp³-hybridized carbons (Fsp3) is 0.647. The van der Waals surface area contributed by atoms with Crippen LogP contribution in [0.2, 0.25) is 0 Å². The van der Waals surface area contributed by atoms with Crippen LogP contribution in [0.25, 0.3) is 0 Å². The Bertz CT molecular complexity index is 391. The van der Waals surface area contributed by atoms with Gasteiger partial charge in [0, 0.05) is 12.1 Å². The summed E-state index contributed by atoms with van der Waals surface area (Å²) in [7, 11) is 0. The van der Waals surface area contributed by atoms with E-state index >= 15 is 0 Å². The van der Waals surface area contributed by atoms with E-state index in [0.29, 0.717) is 11.5 Å². The van der Waals surface area contributed by atoms with Crippen molar-refractivity contribution in [1.29, 1.82) is 0 Å². The molecule has 1 N–H and O–H groups in total. The highest BCUT2D eigenvalue weighted by molar-refractivity contribution is 5.23. The Kier molecular flexibility index (Phi) is 3.55. The normalized spacial score (nSPS) is 23.7. The predicted octanol–water partition coefficient (Wildman–Crippen LogP) is 4.13. The number of benzene rings is 1. The van der Waals surface area contributed by atoms with Gasteiger partial charge in [-0.3, -0.25) is 0 Å². The summed E-state index contributed by atoms with van der Waals surface area (Å²) in [5.41, 5.74) is 2.20. The smallest absolute Gasteiger partial charge is 0.0127 e. The Labute approximate surface area is 112 Å². The number of hydrogen-bond donors (Lipinski definition) is 1. The number of hydrogen-bond acceptors (Lipinski definition) is 1. The minimum absolute atomic E-state index is 0.243. The molecule has 0 spiro atoms. The molecule has 0 radical (unpaired) electrons. The zero-order valence-electron chi connectivity index (χ0n) is 12.5. The van der Waals surface area contributed by atoms with Crippen LogP contribution in [0.4, 0.5) is 0 Å². The molecule has 1 aromatic rings. The molecule has 18 heavy (non-hydrogen) atoms. The van der Waals surface area contributed by atoms with Crippen LogP contribution in [0.5, 0.6) is 0 Å². The van der Waals surface area contributed by atoms with Crippen molar-refractivity contribution in [2.75, 3.05) is 0 Å². The van der Waals surface area contributed by atoms with Crippen molar-refractivity contribution in [1.82, 2.24) is 5.32 Å². The first-order chi connectivity index (χ1) is 8.31. The van der Waals surface area contributed by atoms with E-state index in [1.54, 1.807) is 0 Å². The van der Waals surface area contributed by atoms with Crippen LogP contribution in [0.1, 0.15) is 53.0 Å². The van der Waals surface area contributed by atoms with Gasteiger partial charge < -0.3 is 5.32 Å². The molecular weight excluding hydrogens is 218 g/mol. The van der Waals surface area contributed by atoms with Crippen molar-refractivity contribution in [3.63, 3.8) is 0 Å². The molecule has 0 saturated heterocycles. The molecule has 1 fully saturated rings. The van der Waals surface area contributed by atoms with Gasteiger partial charge in [-0.25, -0.2) is 0 Å². The molecule has 1 aromatic carbocycles. The molecule has 2 unspecified atom stereocenters. The minimum Gasteiger partial charge on any atom is -0.311 e. The van der Waals surface area contributed by atoms with Crippen molar-refractivity contribution in [3.05, 3.63) is 35.9 Å². The maximum atomic E-state index is 3.77. The van der Waals surface area contributed by atoms with Crippen LogP contribution >= 0.6 is 0 Å². The van der Waals surface area contributed by atoms with Crippen molar-refractivity contribution in [3.8, 4) is 0 Å². The molecule has 0 aliphatic heterocycles. The Morgan fingerprint density at radius 1 is 1.28 bits per heavy atom. The second-order valence-electron chi connectivity index (χ2n) is 7.27. The first kappa shape index (κ1) is 13.6. The monoisotopic (exact) mass is 245 g/mol. The molecule has 2 atom stereocenters. The molecule has 1 nitrogen and oxygen atoms in total. The molecular formula is C17H27N. The Morgan fingerprint density at radius 3 is 2.33 bits per heavy atom. The van der Waals surface area contributed by atoms with Gasteiger partial charge in [0.05, 0.1) is 0 Å². The van der Waals surface area contributed by atoms with Gasteiger partial charge in [-0.1, -0.05) is 58.0 Å². The summed E-state index contributed by atoms with van der Waals surface area (Å²) in [6.07, 6.45) is 2.51. The van der Waals surface area contributed by atoms with E-state index in [4.69, 9.17) is 0 Å². The summed E-state index contributed by atoms with van der Waals surface area (Å²) in [6, 6.07) is 12.2. The lowest BCUT2D eigenvalue weighted by molar-refractivity contribution is 0.373. The first-order valence-electron chi connectivity index (χ1n) is 7.13. The molecule has 0 aromatic heterocycles. The Hall–Kier alpha value is -0.820. The van der Waals surface area contributed by atoms with E-state index in [9.17, 15) is 0 Å². The van der Waals surface area contributed by atoms with E-state index in [-0.39, 0.29) is 5.41 Å². The quantitative estimate of drug-likeness (QED) is 0.822. The largest absolute Gasteiger partial charge is 0.311 e. The lowest BCUT2D eigenvalue weighted by atomic mass is 9.79. The van der Waals surface area contributed by atoms with Crippen LogP contribution in [0.3, 0.4) is 0 Å². The second kappa shape index (κ2) is 4.70. The molecule has 0 bridgehead atoms. The average Bonchev–Trinajstić information content (AvgIpc) is 2.86. The highest BCUT2D eigenvalue weighted by Crippen LogP contribution is 2.45. The van der Waals surface area contributed by atoms with E-state index in [0.717, 1.165) is 6.04 Å². The summed E-state index contributed by atoms with van der Waals surface area (Å²) in [4.78, 5) is 0. The lowest BCUT2D eigenvalue weighted by Gasteiger charge is -2.29. The van der Waals surface area contributed by atoms with E-state index in [1.165, 1.54) is 18.4 Å². The summed E-state index contributed by atoms with van der Waals surface area (Å²) < 4.78 is 0. The van der Waals surface area contributed by atoms with Crippen LogP contribution in [-0.2, 0) is 5.41 Å². The van der Waals surface area contributed by atoms with Gasteiger partial charge in [-0.2, -0.15) is 0 Å². The SMILES string of the molecule is CC(CC(C)(C)c1ccccc1)NC1CC1(C)C. The fourth-order valence-electron chi connectivity index (χ4n) is 2.93. The molecule has 100 valence electrons. The average molecular weight is 245 g/mol. The van der Waals surface area contributed by atoms with Crippen molar-refractivity contribution < 1.29 is 0 Å². The first-order valence-corrected chi connectivity index (χ1v) is 7.13. The van der Waals surface area contributed by atoms with Gasteiger partial charge in [0.1, 0.15) is 0 Å².